The maximum absolute atomic E-state index is 13.7. The van der Waals surface area contributed by atoms with Crippen LogP contribution in [0.3, 0.4) is 0 Å². The Bertz CT molecular complexity index is 660. The summed E-state index contributed by atoms with van der Waals surface area (Å²) < 4.78 is 33.1. The molecule has 0 fully saturated rings. The van der Waals surface area contributed by atoms with Crippen LogP contribution in [0.2, 0.25) is 0 Å². The third-order valence-corrected chi connectivity index (χ3v) is 3.11. The lowest BCUT2D eigenvalue weighted by Crippen LogP contribution is -2.52. The van der Waals surface area contributed by atoms with E-state index < -0.39 is 47.2 Å². The third kappa shape index (κ3) is 10.0. The minimum absolute atomic E-state index is 0.208. The predicted molar refractivity (Wildman–Crippen MR) is 105 cm³/mol. The number of amides is 2. The van der Waals surface area contributed by atoms with Gasteiger partial charge < -0.3 is 18.9 Å². The molecule has 1 atom stereocenters. The van der Waals surface area contributed by atoms with Crippen molar-refractivity contribution in [1.82, 2.24) is 4.90 Å². The van der Waals surface area contributed by atoms with Gasteiger partial charge in [0.15, 0.2) is 0 Å². The van der Waals surface area contributed by atoms with Crippen molar-refractivity contribution in [2.75, 3.05) is 7.11 Å². The number of nitrogens with zero attached hydrogens (tertiary/aromatic N) is 1. The highest BCUT2D eigenvalue weighted by Gasteiger charge is 2.40. The SMILES string of the molecule is C=COC(=O)/C(F)=C/CC[C@@H](C(=O)OC)N(C(=O)OC(C)(C)C)C(=O)OC(C)(C)C. The molecular weight excluding hydrogens is 401 g/mol. The molecule has 10 heteroatoms. The maximum Gasteiger partial charge on any atom is 0.420 e. The summed E-state index contributed by atoms with van der Waals surface area (Å²) in [7, 11) is 1.07. The molecular formula is C20H30FNO8. The smallest absolute Gasteiger partial charge is 0.420 e. The number of carbonyl (C=O) groups is 4. The lowest BCUT2D eigenvalue weighted by Gasteiger charge is -2.32. The second-order valence-electron chi connectivity index (χ2n) is 8.07. The zero-order valence-corrected chi connectivity index (χ0v) is 18.4. The molecule has 0 aliphatic carbocycles. The predicted octanol–water partition coefficient (Wildman–Crippen LogP) is 4.02. The lowest BCUT2D eigenvalue weighted by atomic mass is 10.1. The standard InChI is InChI=1S/C20H30FNO8/c1-9-28-15(23)13(21)11-10-12-14(16(24)27-8)22(17(25)29-19(2,3)4)18(26)30-20(5,6)7/h9,11,14H,1,10,12H2,2-8H3/b13-11-/t14-/m0/s1. The number of halogens is 1. The normalized spacial score (nSPS) is 13.0. The Hall–Kier alpha value is -2.91. The van der Waals surface area contributed by atoms with Crippen LogP contribution in [0.1, 0.15) is 54.4 Å². The number of allylic oxidation sites excluding steroid dienone is 1. The van der Waals surface area contributed by atoms with Crippen molar-refractivity contribution in [2.45, 2.75) is 71.6 Å². The van der Waals surface area contributed by atoms with Gasteiger partial charge in [0.2, 0.25) is 5.83 Å². The molecule has 2 amide bonds. The zero-order valence-electron chi connectivity index (χ0n) is 18.4. The molecule has 0 heterocycles. The maximum atomic E-state index is 13.7. The number of carbonyl (C=O) groups excluding carboxylic acids is 4. The number of methoxy groups -OCH3 is 1. The van der Waals surface area contributed by atoms with Gasteiger partial charge in [-0.3, -0.25) is 0 Å². The van der Waals surface area contributed by atoms with E-state index in [9.17, 15) is 23.6 Å². The Morgan fingerprint density at radius 2 is 1.47 bits per heavy atom. The lowest BCUT2D eigenvalue weighted by molar-refractivity contribution is -0.146. The molecule has 30 heavy (non-hydrogen) atoms. The van der Waals surface area contributed by atoms with Crippen molar-refractivity contribution in [3.05, 3.63) is 24.7 Å². The highest BCUT2D eigenvalue weighted by molar-refractivity contribution is 5.94. The van der Waals surface area contributed by atoms with E-state index in [-0.39, 0.29) is 12.8 Å². The fourth-order valence-corrected chi connectivity index (χ4v) is 2.02. The summed E-state index contributed by atoms with van der Waals surface area (Å²) in [6, 6.07) is -1.49. The highest BCUT2D eigenvalue weighted by atomic mass is 19.1. The average Bonchev–Trinajstić information content (AvgIpc) is 2.56. The van der Waals surface area contributed by atoms with Crippen LogP contribution in [-0.4, -0.2) is 53.4 Å². The third-order valence-electron chi connectivity index (χ3n) is 3.11. The van der Waals surface area contributed by atoms with Crippen molar-refractivity contribution < 1.29 is 42.5 Å². The Morgan fingerprint density at radius 1 is 1.00 bits per heavy atom. The van der Waals surface area contributed by atoms with Crippen LogP contribution >= 0.6 is 0 Å². The monoisotopic (exact) mass is 431 g/mol. The van der Waals surface area contributed by atoms with Crippen LogP contribution in [0.4, 0.5) is 14.0 Å². The summed E-state index contributed by atoms with van der Waals surface area (Å²) >= 11 is 0. The van der Waals surface area contributed by atoms with Crippen LogP contribution < -0.4 is 0 Å². The molecule has 0 spiro atoms. The first-order valence-corrected chi connectivity index (χ1v) is 9.13. The Labute approximate surface area is 175 Å². The number of hydrogen-bond donors (Lipinski definition) is 0. The Balaban J connectivity index is 5.83. The van der Waals surface area contributed by atoms with Crippen molar-refractivity contribution in [1.29, 1.82) is 0 Å². The van der Waals surface area contributed by atoms with E-state index in [4.69, 9.17) is 9.47 Å². The molecule has 0 rings (SSSR count). The number of esters is 2. The van der Waals surface area contributed by atoms with E-state index in [0.29, 0.717) is 4.90 Å². The number of hydrogen-bond acceptors (Lipinski definition) is 8. The number of imide groups is 1. The average molecular weight is 431 g/mol. The molecule has 0 aliphatic rings. The van der Waals surface area contributed by atoms with E-state index in [1.807, 2.05) is 0 Å². The van der Waals surface area contributed by atoms with Crippen molar-refractivity contribution >= 4 is 24.1 Å². The van der Waals surface area contributed by atoms with Gasteiger partial charge in [-0.1, -0.05) is 6.58 Å². The van der Waals surface area contributed by atoms with Gasteiger partial charge in [0.05, 0.1) is 13.4 Å². The first kappa shape index (κ1) is 27.1. The molecule has 170 valence electrons. The zero-order chi connectivity index (χ0) is 23.7. The minimum Gasteiger partial charge on any atom is -0.467 e. The second kappa shape index (κ2) is 11.3. The molecule has 0 N–H and O–H groups in total. The second-order valence-corrected chi connectivity index (χ2v) is 8.07. The van der Waals surface area contributed by atoms with Gasteiger partial charge in [-0.15, -0.1) is 0 Å². The van der Waals surface area contributed by atoms with Gasteiger partial charge in [-0.2, -0.15) is 9.29 Å². The summed E-state index contributed by atoms with van der Waals surface area (Å²) in [5, 5.41) is 0. The summed E-state index contributed by atoms with van der Waals surface area (Å²) in [5.74, 6) is -3.44. The van der Waals surface area contributed by atoms with E-state index in [2.05, 4.69) is 16.1 Å². The van der Waals surface area contributed by atoms with E-state index in [1.54, 1.807) is 41.5 Å². The molecule has 0 unspecified atom stereocenters. The van der Waals surface area contributed by atoms with E-state index in [1.165, 1.54) is 0 Å². The van der Waals surface area contributed by atoms with Gasteiger partial charge in [-0.25, -0.2) is 19.2 Å². The van der Waals surface area contributed by atoms with Gasteiger partial charge in [0.1, 0.15) is 17.2 Å². The fraction of sp³-hybridized carbons (Fsp3) is 0.600. The number of ether oxygens (including phenoxy) is 4. The van der Waals surface area contributed by atoms with Gasteiger partial charge in [0.25, 0.3) is 0 Å². The minimum atomic E-state index is -1.49. The first-order chi connectivity index (χ1) is 13.6. The van der Waals surface area contributed by atoms with Gasteiger partial charge >= 0.3 is 24.1 Å². The molecule has 0 aromatic rings. The van der Waals surface area contributed by atoms with Crippen molar-refractivity contribution in [2.24, 2.45) is 0 Å². The molecule has 0 aliphatic heterocycles. The quantitative estimate of drug-likeness (QED) is 0.257. The molecule has 0 bridgehead atoms. The van der Waals surface area contributed by atoms with E-state index in [0.717, 1.165) is 19.4 Å². The largest absolute Gasteiger partial charge is 0.467 e. The van der Waals surface area contributed by atoms with Crippen LogP contribution in [0, 0.1) is 0 Å². The molecule has 0 saturated carbocycles. The Kier molecular flexibility index (Phi) is 10.2. The molecule has 0 saturated heterocycles. The summed E-state index contributed by atoms with van der Waals surface area (Å²) in [5.41, 5.74) is -1.95. The highest BCUT2D eigenvalue weighted by Crippen LogP contribution is 2.20. The van der Waals surface area contributed by atoms with Crippen LogP contribution in [0.5, 0.6) is 0 Å². The van der Waals surface area contributed by atoms with Crippen molar-refractivity contribution in [3.63, 3.8) is 0 Å². The van der Waals surface area contributed by atoms with Crippen LogP contribution in [0.25, 0.3) is 0 Å². The molecule has 0 aromatic carbocycles. The molecule has 9 nitrogen and oxygen atoms in total. The summed E-state index contributed by atoms with van der Waals surface area (Å²) in [6.07, 6.45) is -1.13. The van der Waals surface area contributed by atoms with Crippen LogP contribution in [0.15, 0.2) is 24.7 Å². The number of rotatable bonds is 7. The van der Waals surface area contributed by atoms with Gasteiger partial charge in [0, 0.05) is 0 Å². The first-order valence-electron chi connectivity index (χ1n) is 9.13. The molecule has 0 aromatic heterocycles. The van der Waals surface area contributed by atoms with Gasteiger partial charge in [-0.05, 0) is 60.5 Å². The summed E-state index contributed by atoms with van der Waals surface area (Å²) in [4.78, 5) is 49.4. The fourth-order valence-electron chi connectivity index (χ4n) is 2.02. The Morgan fingerprint density at radius 3 is 1.83 bits per heavy atom. The molecule has 0 radical (unpaired) electrons. The van der Waals surface area contributed by atoms with Crippen LogP contribution in [-0.2, 0) is 28.5 Å². The topological polar surface area (TPSA) is 108 Å². The van der Waals surface area contributed by atoms with E-state index >= 15 is 0 Å². The summed E-state index contributed by atoms with van der Waals surface area (Å²) in [6.45, 7) is 12.6. The van der Waals surface area contributed by atoms with Crippen molar-refractivity contribution in [3.8, 4) is 0 Å².